The molecule has 0 aliphatic rings. The molecular weight excluding hydrogens is 1070 g/mol. The predicted octanol–water partition coefficient (Wildman–Crippen LogP) is 5.24. The van der Waals surface area contributed by atoms with Crippen LogP contribution in [0.3, 0.4) is 0 Å². The van der Waals surface area contributed by atoms with Crippen LogP contribution in [0.15, 0.2) is 0 Å². The van der Waals surface area contributed by atoms with Crippen LogP contribution in [0.1, 0.15) is 216 Å². The number of carbonyl (C=O) groups excluding carboxylic acids is 8. The minimum Gasteiger partial charge on any atom is -0.481 e. The second kappa shape index (κ2) is 45.9. The van der Waals surface area contributed by atoms with Crippen LogP contribution in [0.4, 0.5) is 0 Å². The Balaban J connectivity index is 4.64. The highest BCUT2D eigenvalue weighted by Gasteiger charge is 2.36. The summed E-state index contributed by atoms with van der Waals surface area (Å²) in [5, 5.41) is 45.3. The van der Waals surface area contributed by atoms with Crippen molar-refractivity contribution in [3.05, 3.63) is 0 Å². The number of carboxylic acid groups (broad SMARTS) is 2. The van der Waals surface area contributed by atoms with Crippen molar-refractivity contribution in [1.29, 1.82) is 0 Å². The first kappa shape index (κ1) is 78.6. The Morgan fingerprint density at radius 3 is 1.57 bits per heavy atom. The lowest BCUT2D eigenvalue weighted by Gasteiger charge is -2.33. The molecule has 22 nitrogen and oxygen atoms in total. The summed E-state index contributed by atoms with van der Waals surface area (Å²) in [6.07, 6.45) is 20.0. The highest BCUT2D eigenvalue weighted by Crippen LogP contribution is 2.20. The first-order valence-corrected chi connectivity index (χ1v) is 30.8. The molecule has 480 valence electrons. The minimum absolute atomic E-state index is 0.0381. The molecule has 22 heteroatoms. The Hall–Kier alpha value is -4.42. The molecular formula is C61H111N7O15. The number of nitrogens with two attached hydrogens (primary N) is 1. The fourth-order valence-corrected chi connectivity index (χ4v) is 9.25. The molecule has 0 aliphatic heterocycles. The molecule has 2 amide bonds. The zero-order chi connectivity index (χ0) is 62.7. The number of aliphatic hydroxyl groups is 1. The molecule has 0 bridgehead atoms. The number of aliphatic carboxylic acids is 2. The number of hydrogen-bond donors (Lipinski definition) is 10. The highest BCUT2D eigenvalue weighted by atomic mass is 16.5. The van der Waals surface area contributed by atoms with E-state index in [9.17, 15) is 58.2 Å². The van der Waals surface area contributed by atoms with Crippen molar-refractivity contribution in [3.8, 4) is 0 Å². The van der Waals surface area contributed by atoms with E-state index in [1.807, 2.05) is 13.8 Å². The maximum absolute atomic E-state index is 13.8. The van der Waals surface area contributed by atoms with Gasteiger partial charge in [-0.05, 0) is 92.4 Å². The van der Waals surface area contributed by atoms with E-state index < -0.39 is 53.2 Å². The fraction of sp³-hybridized carbons (Fsp3) is 0.836. The van der Waals surface area contributed by atoms with Crippen LogP contribution < -0.4 is 37.6 Å². The topological polar surface area (TPSA) is 348 Å². The Morgan fingerprint density at radius 1 is 0.530 bits per heavy atom. The molecule has 0 fully saturated rings. The van der Waals surface area contributed by atoms with Gasteiger partial charge in [0.1, 0.15) is 18.2 Å². The van der Waals surface area contributed by atoms with Crippen molar-refractivity contribution in [1.82, 2.24) is 31.9 Å². The quantitative estimate of drug-likeness (QED) is 0.0348. The number of unbranched alkanes of at least 4 members (excludes halogenated alkanes) is 16. The number of amides is 2. The van der Waals surface area contributed by atoms with Gasteiger partial charge in [0.05, 0.1) is 87.2 Å². The smallest absolute Gasteiger partial charge is 0.306 e. The summed E-state index contributed by atoms with van der Waals surface area (Å²) in [5.74, 6) is -4.98. The van der Waals surface area contributed by atoms with Crippen LogP contribution in [0.25, 0.3) is 0 Å². The summed E-state index contributed by atoms with van der Waals surface area (Å²) >= 11 is 0. The maximum atomic E-state index is 13.8. The van der Waals surface area contributed by atoms with Crippen molar-refractivity contribution in [2.45, 2.75) is 245 Å². The van der Waals surface area contributed by atoms with E-state index in [4.69, 9.17) is 20.3 Å². The first-order chi connectivity index (χ1) is 39.1. The van der Waals surface area contributed by atoms with Gasteiger partial charge in [0, 0.05) is 38.8 Å². The normalized spacial score (nSPS) is 13.7. The summed E-state index contributed by atoms with van der Waals surface area (Å²) < 4.78 is 10.9. The van der Waals surface area contributed by atoms with Crippen molar-refractivity contribution < 1.29 is 72.7 Å². The number of carbonyl (C=O) groups is 10. The van der Waals surface area contributed by atoms with E-state index in [2.05, 4.69) is 31.9 Å². The summed E-state index contributed by atoms with van der Waals surface area (Å²) in [5.41, 5.74) is 2.58. The predicted molar refractivity (Wildman–Crippen MR) is 320 cm³/mol. The third-order valence-electron chi connectivity index (χ3n) is 14.8. The fourth-order valence-electron chi connectivity index (χ4n) is 9.25. The van der Waals surface area contributed by atoms with Gasteiger partial charge >= 0.3 is 11.9 Å². The molecule has 0 unspecified atom stereocenters. The highest BCUT2D eigenvalue weighted by molar-refractivity contribution is 5.94. The van der Waals surface area contributed by atoms with E-state index >= 15 is 0 Å². The van der Waals surface area contributed by atoms with Crippen molar-refractivity contribution in [2.24, 2.45) is 17.6 Å². The van der Waals surface area contributed by atoms with Gasteiger partial charge in [-0.2, -0.15) is 0 Å². The van der Waals surface area contributed by atoms with E-state index in [0.717, 1.165) is 44.9 Å². The Bertz CT molecular complexity index is 1930. The third kappa shape index (κ3) is 41.3. The largest absolute Gasteiger partial charge is 0.481 e. The summed E-state index contributed by atoms with van der Waals surface area (Å²) in [6, 6.07) is -1.73. The lowest BCUT2D eigenvalue weighted by Crippen LogP contribution is -2.58. The zero-order valence-corrected chi connectivity index (χ0v) is 52.1. The van der Waals surface area contributed by atoms with E-state index in [1.54, 1.807) is 34.6 Å². The van der Waals surface area contributed by atoms with E-state index in [1.165, 1.54) is 64.7 Å². The van der Waals surface area contributed by atoms with Crippen LogP contribution >= 0.6 is 0 Å². The first-order valence-electron chi connectivity index (χ1n) is 30.8. The molecule has 0 radical (unpaired) electrons. The average Bonchev–Trinajstić information content (AvgIpc) is 3.45. The second-order valence-electron chi connectivity index (χ2n) is 24.1. The number of Topliss-reactive ketones (excluding diaryl/α,β-unsaturated/α-hetero) is 6. The van der Waals surface area contributed by atoms with Crippen molar-refractivity contribution in [3.63, 3.8) is 0 Å². The molecule has 0 aromatic rings. The molecule has 4 atom stereocenters. The summed E-state index contributed by atoms with van der Waals surface area (Å²) in [7, 11) is 0. The number of ketones is 6. The molecule has 0 aliphatic carbocycles. The van der Waals surface area contributed by atoms with Crippen molar-refractivity contribution >= 4 is 58.5 Å². The summed E-state index contributed by atoms with van der Waals surface area (Å²) in [6.45, 7) is 12.7. The van der Waals surface area contributed by atoms with Gasteiger partial charge in [0.15, 0.2) is 23.1 Å². The second-order valence-corrected chi connectivity index (χ2v) is 24.1. The van der Waals surface area contributed by atoms with Gasteiger partial charge in [0.2, 0.25) is 11.8 Å². The maximum Gasteiger partial charge on any atom is 0.306 e. The van der Waals surface area contributed by atoms with Crippen LogP contribution in [0.5, 0.6) is 0 Å². The van der Waals surface area contributed by atoms with Gasteiger partial charge < -0.3 is 46.5 Å². The molecule has 0 saturated heterocycles. The SMILES string of the molecule is CC(=O)[C@H](CO)NCC(=O)C(C)(C)NCC(=O)[C@H](CCCCNC(=O)COCCOCCNC(=O)CC[C@H](CC(=O)CCCCCCCCCCCCCCCCCCC(=O)O)C(=O)O)NCC(=O)[C@](C)(CC(C)C)NCC(=O)C(C)(C)N. The van der Waals surface area contributed by atoms with Crippen molar-refractivity contribution in [2.75, 3.05) is 72.3 Å². The lowest BCUT2D eigenvalue weighted by molar-refractivity contribution is -0.144. The molecule has 0 heterocycles. The van der Waals surface area contributed by atoms with Gasteiger partial charge in [-0.3, -0.25) is 63.9 Å². The lowest BCUT2D eigenvalue weighted by atomic mass is 9.85. The Morgan fingerprint density at radius 2 is 1.05 bits per heavy atom. The van der Waals surface area contributed by atoms with Gasteiger partial charge in [-0.25, -0.2) is 0 Å². The molecule has 0 saturated carbocycles. The standard InChI is InChI=1S/C61H111N7O15/c1-45(2)38-61(8,68-42-52(73)59(4,5)62)54(75)41-65-49(51(72)39-67-60(6,7)53(74)40-66-50(43-69)46(3)70)28-25-26-32-63-56(77)44-83-36-35-82-34-33-64-55(76)31-30-47(58(80)81)37-48(71)27-23-21-19-17-15-13-11-9-10-12-14-16-18-20-22-24-29-57(78)79/h45,47,49-50,65-69H,9-44,62H2,1-8H3,(H,63,77)(H,64,76)(H,78,79)(H,80,81)/t47-,49+,50+,61+/m1/s1. The minimum atomic E-state index is -1.19. The van der Waals surface area contributed by atoms with E-state index in [-0.39, 0.29) is 150 Å². The summed E-state index contributed by atoms with van der Waals surface area (Å²) in [4.78, 5) is 125. The number of carboxylic acids is 2. The van der Waals surface area contributed by atoms with Crippen LogP contribution in [0.2, 0.25) is 0 Å². The third-order valence-corrected chi connectivity index (χ3v) is 14.8. The van der Waals surface area contributed by atoms with E-state index in [0.29, 0.717) is 25.7 Å². The number of nitrogens with one attached hydrogen (secondary N) is 6. The molecule has 0 aromatic heterocycles. The van der Waals surface area contributed by atoms with Gasteiger partial charge in [-0.15, -0.1) is 0 Å². The van der Waals surface area contributed by atoms with Crippen LogP contribution in [-0.2, 0) is 57.4 Å². The van der Waals surface area contributed by atoms with Crippen LogP contribution in [0, 0.1) is 11.8 Å². The van der Waals surface area contributed by atoms with Gasteiger partial charge in [-0.1, -0.05) is 104 Å². The molecule has 11 N–H and O–H groups in total. The molecule has 0 rings (SSSR count). The monoisotopic (exact) mass is 1180 g/mol. The molecule has 0 spiro atoms. The molecule has 83 heavy (non-hydrogen) atoms. The Labute approximate surface area is 495 Å². The number of aliphatic hydroxyl groups excluding tert-OH is 1. The zero-order valence-electron chi connectivity index (χ0n) is 52.1. The molecule has 0 aromatic carbocycles. The number of rotatable bonds is 58. The van der Waals surface area contributed by atoms with Crippen LogP contribution in [-0.4, -0.2) is 175 Å². The number of ether oxygens (including phenoxy) is 2. The Kier molecular flexibility index (Phi) is 43.4. The number of hydrogen-bond acceptors (Lipinski definition) is 18. The van der Waals surface area contributed by atoms with Gasteiger partial charge in [0.25, 0.3) is 0 Å². The average molecular weight is 1180 g/mol.